The Labute approximate surface area is 151 Å². The van der Waals surface area contributed by atoms with E-state index in [-0.39, 0.29) is 11.8 Å². The van der Waals surface area contributed by atoms with Crippen LogP contribution in [0.5, 0.6) is 5.75 Å². The maximum absolute atomic E-state index is 12.6. The second-order valence-corrected chi connectivity index (χ2v) is 6.40. The summed E-state index contributed by atoms with van der Waals surface area (Å²) in [6.45, 7) is 2.50. The lowest BCUT2D eigenvalue weighted by Gasteiger charge is -2.19. The lowest BCUT2D eigenvalue weighted by molar-refractivity contribution is -0.117. The van der Waals surface area contributed by atoms with Crippen molar-refractivity contribution in [2.24, 2.45) is 0 Å². The van der Waals surface area contributed by atoms with E-state index in [4.69, 9.17) is 9.26 Å². The van der Waals surface area contributed by atoms with Crippen molar-refractivity contribution >= 4 is 11.6 Å². The number of nitrogens with zero attached hydrogens (tertiary/aromatic N) is 3. The van der Waals surface area contributed by atoms with Gasteiger partial charge in [0, 0.05) is 24.4 Å². The summed E-state index contributed by atoms with van der Waals surface area (Å²) in [5.74, 6) is 1.65. The number of aromatic nitrogens is 2. The molecular weight excluding hydrogens is 330 g/mol. The van der Waals surface area contributed by atoms with Gasteiger partial charge in [0.25, 0.3) is 5.89 Å². The molecule has 1 saturated heterocycles. The first kappa shape index (κ1) is 16.3. The van der Waals surface area contributed by atoms with Crippen LogP contribution in [0.15, 0.2) is 53.1 Å². The molecule has 1 aromatic heterocycles. The highest BCUT2D eigenvalue weighted by Gasteiger charge is 2.35. The smallest absolute Gasteiger partial charge is 0.257 e. The highest BCUT2D eigenvalue weighted by molar-refractivity contribution is 5.97. The minimum Gasteiger partial charge on any atom is -0.495 e. The molecule has 6 heteroatoms. The van der Waals surface area contributed by atoms with Gasteiger partial charge < -0.3 is 14.2 Å². The van der Waals surface area contributed by atoms with E-state index in [1.807, 2.05) is 55.5 Å². The van der Waals surface area contributed by atoms with Crippen molar-refractivity contribution in [3.05, 3.63) is 59.9 Å². The Balaban J connectivity index is 1.59. The normalized spacial score (nSPS) is 16.9. The molecule has 2 heterocycles. The monoisotopic (exact) mass is 349 g/mol. The summed E-state index contributed by atoms with van der Waals surface area (Å²) in [7, 11) is 1.61. The molecule has 1 aliphatic heterocycles. The number of aryl methyl sites for hydroxylation is 1. The first-order valence-electron chi connectivity index (χ1n) is 8.49. The van der Waals surface area contributed by atoms with Crippen molar-refractivity contribution in [2.75, 3.05) is 18.6 Å². The number of rotatable bonds is 4. The number of benzene rings is 2. The Hall–Kier alpha value is -3.15. The summed E-state index contributed by atoms with van der Waals surface area (Å²) in [6.07, 6.45) is 0.352. The van der Waals surface area contributed by atoms with Gasteiger partial charge in [-0.05, 0) is 36.8 Å². The van der Waals surface area contributed by atoms with Gasteiger partial charge in [-0.3, -0.25) is 4.79 Å². The Morgan fingerprint density at radius 2 is 2.00 bits per heavy atom. The average Bonchev–Trinajstić information content (AvgIpc) is 3.29. The number of ether oxygens (including phenoxy) is 1. The molecule has 3 aromatic rings. The van der Waals surface area contributed by atoms with Crippen molar-refractivity contribution < 1.29 is 14.1 Å². The van der Waals surface area contributed by atoms with Crippen molar-refractivity contribution in [1.29, 1.82) is 0 Å². The van der Waals surface area contributed by atoms with Crippen LogP contribution in [0.25, 0.3) is 11.5 Å². The quantitative estimate of drug-likeness (QED) is 0.720. The first-order valence-corrected chi connectivity index (χ1v) is 8.49. The van der Waals surface area contributed by atoms with E-state index in [1.165, 1.54) is 0 Å². The number of carbonyl (C=O) groups excluding carboxylic acids is 1. The molecule has 1 amide bonds. The fourth-order valence-corrected chi connectivity index (χ4v) is 3.22. The summed E-state index contributed by atoms with van der Waals surface area (Å²) < 4.78 is 10.8. The largest absolute Gasteiger partial charge is 0.495 e. The van der Waals surface area contributed by atoms with E-state index < -0.39 is 0 Å². The number of methoxy groups -OCH3 is 1. The third kappa shape index (κ3) is 2.94. The number of amides is 1. The topological polar surface area (TPSA) is 68.5 Å². The molecule has 6 nitrogen and oxygen atoms in total. The van der Waals surface area contributed by atoms with E-state index in [0.717, 1.165) is 16.8 Å². The molecule has 1 aliphatic rings. The number of anilines is 1. The van der Waals surface area contributed by atoms with Crippen LogP contribution < -0.4 is 9.64 Å². The molecule has 0 radical (unpaired) electrons. The van der Waals surface area contributed by atoms with Crippen LogP contribution in [-0.2, 0) is 4.79 Å². The predicted molar refractivity (Wildman–Crippen MR) is 97.2 cm³/mol. The zero-order valence-electron chi connectivity index (χ0n) is 14.7. The lowest BCUT2D eigenvalue weighted by Crippen LogP contribution is -2.25. The molecule has 1 unspecified atom stereocenters. The Bertz CT molecular complexity index is 936. The molecule has 132 valence electrons. The molecule has 1 fully saturated rings. The molecule has 0 N–H and O–H groups in total. The van der Waals surface area contributed by atoms with Crippen LogP contribution in [-0.4, -0.2) is 29.7 Å². The van der Waals surface area contributed by atoms with Gasteiger partial charge >= 0.3 is 0 Å². The minimum atomic E-state index is -0.103. The molecule has 0 bridgehead atoms. The van der Waals surface area contributed by atoms with Crippen LogP contribution in [0.3, 0.4) is 0 Å². The van der Waals surface area contributed by atoms with Gasteiger partial charge in [-0.2, -0.15) is 4.98 Å². The van der Waals surface area contributed by atoms with Crippen LogP contribution >= 0.6 is 0 Å². The van der Waals surface area contributed by atoms with Crippen molar-refractivity contribution in [3.8, 4) is 17.2 Å². The molecule has 0 spiro atoms. The van der Waals surface area contributed by atoms with Crippen LogP contribution in [0.1, 0.15) is 23.7 Å². The Kier molecular flexibility index (Phi) is 4.16. The van der Waals surface area contributed by atoms with Crippen LogP contribution in [0.2, 0.25) is 0 Å². The van der Waals surface area contributed by atoms with Gasteiger partial charge in [0.15, 0.2) is 5.82 Å². The SMILES string of the molecule is COc1ccc(C)cc1N1CC(c2noc(-c3ccccc3)n2)CC1=O. The summed E-state index contributed by atoms with van der Waals surface area (Å²) in [4.78, 5) is 18.8. The predicted octanol–water partition coefficient (Wildman–Crippen LogP) is 3.57. The maximum atomic E-state index is 12.6. The van der Waals surface area contributed by atoms with Gasteiger partial charge in [0.2, 0.25) is 5.91 Å². The fourth-order valence-electron chi connectivity index (χ4n) is 3.22. The van der Waals surface area contributed by atoms with E-state index in [1.54, 1.807) is 12.0 Å². The average molecular weight is 349 g/mol. The third-order valence-corrected chi connectivity index (χ3v) is 4.58. The van der Waals surface area contributed by atoms with Gasteiger partial charge in [-0.1, -0.05) is 29.4 Å². The highest BCUT2D eigenvalue weighted by Crippen LogP contribution is 2.36. The number of carbonyl (C=O) groups is 1. The third-order valence-electron chi connectivity index (χ3n) is 4.58. The van der Waals surface area contributed by atoms with E-state index in [2.05, 4.69) is 10.1 Å². The molecule has 0 aliphatic carbocycles. The molecule has 2 aromatic carbocycles. The summed E-state index contributed by atoms with van der Waals surface area (Å²) in [6, 6.07) is 15.4. The molecule has 1 atom stereocenters. The number of hydrogen-bond acceptors (Lipinski definition) is 5. The maximum Gasteiger partial charge on any atom is 0.257 e. The Morgan fingerprint density at radius 1 is 1.19 bits per heavy atom. The number of hydrogen-bond donors (Lipinski definition) is 0. The van der Waals surface area contributed by atoms with Crippen molar-refractivity contribution in [1.82, 2.24) is 10.1 Å². The van der Waals surface area contributed by atoms with Gasteiger partial charge in [-0.25, -0.2) is 0 Å². The Morgan fingerprint density at radius 3 is 2.77 bits per heavy atom. The van der Waals surface area contributed by atoms with Gasteiger partial charge in [0.05, 0.1) is 12.8 Å². The molecule has 4 rings (SSSR count). The van der Waals surface area contributed by atoms with E-state index >= 15 is 0 Å². The van der Waals surface area contributed by atoms with Crippen molar-refractivity contribution in [2.45, 2.75) is 19.3 Å². The lowest BCUT2D eigenvalue weighted by atomic mass is 10.1. The van der Waals surface area contributed by atoms with E-state index in [9.17, 15) is 4.79 Å². The highest BCUT2D eigenvalue weighted by atomic mass is 16.5. The summed E-state index contributed by atoms with van der Waals surface area (Å²) in [5, 5.41) is 4.10. The molecular formula is C20H19N3O3. The van der Waals surface area contributed by atoms with Gasteiger partial charge in [-0.15, -0.1) is 0 Å². The van der Waals surface area contributed by atoms with Crippen LogP contribution in [0, 0.1) is 6.92 Å². The first-order chi connectivity index (χ1) is 12.7. The molecule has 0 saturated carbocycles. The van der Waals surface area contributed by atoms with E-state index in [0.29, 0.717) is 30.4 Å². The van der Waals surface area contributed by atoms with Crippen LogP contribution in [0.4, 0.5) is 5.69 Å². The summed E-state index contributed by atoms with van der Waals surface area (Å²) >= 11 is 0. The van der Waals surface area contributed by atoms with Gasteiger partial charge in [0.1, 0.15) is 5.75 Å². The zero-order chi connectivity index (χ0) is 18.1. The standard InChI is InChI=1S/C20H19N3O3/c1-13-8-9-17(25-2)16(10-13)23-12-15(11-18(23)24)19-21-20(26-22-19)14-6-4-3-5-7-14/h3-10,15H,11-12H2,1-2H3. The second-order valence-electron chi connectivity index (χ2n) is 6.40. The fraction of sp³-hybridized carbons (Fsp3) is 0.250. The summed E-state index contributed by atoms with van der Waals surface area (Å²) in [5.41, 5.74) is 2.72. The molecule has 26 heavy (non-hydrogen) atoms. The van der Waals surface area contributed by atoms with Crippen molar-refractivity contribution in [3.63, 3.8) is 0 Å². The minimum absolute atomic E-state index is 0.0324. The second kappa shape index (κ2) is 6.63. The zero-order valence-corrected chi connectivity index (χ0v) is 14.7.